The molecule has 0 bridgehead atoms. The molecule has 10 heteroatoms. The Morgan fingerprint density at radius 2 is 1.27 bits per heavy atom. The van der Waals surface area contributed by atoms with E-state index in [1.807, 2.05) is 0 Å². The van der Waals surface area contributed by atoms with Crippen LogP contribution in [0.1, 0.15) is 64.3 Å². The van der Waals surface area contributed by atoms with Crippen molar-refractivity contribution in [1.82, 2.24) is 0 Å². The predicted molar refractivity (Wildman–Crippen MR) is 146 cm³/mol. The number of ketones is 2. The summed E-state index contributed by atoms with van der Waals surface area (Å²) in [7, 11) is 0. The van der Waals surface area contributed by atoms with Crippen molar-refractivity contribution in [3.05, 3.63) is 93.5 Å². The maximum absolute atomic E-state index is 14.1. The Morgan fingerprint density at radius 1 is 0.707 bits per heavy atom. The number of hydrogen-bond acceptors (Lipinski definition) is 9. The van der Waals surface area contributed by atoms with Crippen molar-refractivity contribution in [2.75, 3.05) is 6.61 Å². The second kappa shape index (κ2) is 11.3. The van der Waals surface area contributed by atoms with Crippen LogP contribution < -0.4 is 0 Å². The highest BCUT2D eigenvalue weighted by atomic mass is 35.5. The zero-order valence-electron chi connectivity index (χ0n) is 22.3. The molecule has 1 saturated heterocycles. The van der Waals surface area contributed by atoms with Gasteiger partial charge in [-0.1, -0.05) is 60.1 Å². The van der Waals surface area contributed by atoms with Gasteiger partial charge in [-0.05, 0) is 28.8 Å². The average Bonchev–Trinajstić information content (AvgIpc) is 2.92. The maximum Gasteiger partial charge on any atom is 0.303 e. The van der Waals surface area contributed by atoms with E-state index in [4.69, 9.17) is 30.5 Å². The van der Waals surface area contributed by atoms with Crippen LogP contribution in [0.5, 0.6) is 0 Å². The number of benzene rings is 3. The second-order valence-corrected chi connectivity index (χ2v) is 10.1. The van der Waals surface area contributed by atoms with Crippen LogP contribution in [0.15, 0.2) is 60.7 Å². The fraction of sp³-hybridized carbons (Fsp3) is 0.258. The number of ether oxygens (including phenoxy) is 4. The van der Waals surface area contributed by atoms with Gasteiger partial charge in [0.05, 0.1) is 6.61 Å². The van der Waals surface area contributed by atoms with Gasteiger partial charge in [-0.3, -0.25) is 24.0 Å². The van der Waals surface area contributed by atoms with E-state index < -0.39 is 48.1 Å². The summed E-state index contributed by atoms with van der Waals surface area (Å²) in [6.45, 7) is 3.29. The number of fused-ring (bicyclic) bond motifs is 2. The van der Waals surface area contributed by atoms with E-state index >= 15 is 0 Å². The number of carbonyl (C=O) groups excluding carboxylic acids is 5. The Kier molecular flexibility index (Phi) is 7.75. The van der Waals surface area contributed by atoms with E-state index in [0.29, 0.717) is 16.1 Å². The molecule has 2 aliphatic rings. The molecule has 9 nitrogen and oxygen atoms in total. The fourth-order valence-electron chi connectivity index (χ4n) is 5.36. The van der Waals surface area contributed by atoms with Crippen molar-refractivity contribution in [2.45, 2.75) is 45.2 Å². The van der Waals surface area contributed by atoms with Gasteiger partial charge in [-0.25, -0.2) is 0 Å². The Morgan fingerprint density at radius 3 is 1.85 bits per heavy atom. The van der Waals surface area contributed by atoms with Gasteiger partial charge >= 0.3 is 17.9 Å². The van der Waals surface area contributed by atoms with Crippen molar-refractivity contribution in [3.63, 3.8) is 0 Å². The average molecular weight is 577 g/mol. The zero-order chi connectivity index (χ0) is 29.4. The highest BCUT2D eigenvalue weighted by molar-refractivity contribution is 6.31. The van der Waals surface area contributed by atoms with Gasteiger partial charge in [0.25, 0.3) is 0 Å². The lowest BCUT2D eigenvalue weighted by molar-refractivity contribution is -0.227. The standard InChI is InChI=1S/C31H25ClO9/c1-15(33)39-24-14-38-29(31(41-17(3)35)30(24)40-16(2)34)23-13-12-20(18-8-10-19(32)11-9-18)25-26(23)28(37)22-7-5-4-6-21(22)27(25)36/h4-13,24,29-31H,14H2,1-3H3/t24-,29+,30+,31+/m1/s1. The molecule has 0 radical (unpaired) electrons. The maximum atomic E-state index is 14.1. The molecule has 0 spiro atoms. The van der Waals surface area contributed by atoms with Crippen molar-refractivity contribution in [2.24, 2.45) is 0 Å². The molecule has 5 rings (SSSR count). The Bertz CT molecular complexity index is 1580. The Balaban J connectivity index is 1.72. The van der Waals surface area contributed by atoms with Crippen LogP contribution in [0.25, 0.3) is 11.1 Å². The van der Waals surface area contributed by atoms with Crippen molar-refractivity contribution >= 4 is 41.1 Å². The van der Waals surface area contributed by atoms with Crippen LogP contribution >= 0.6 is 11.6 Å². The van der Waals surface area contributed by atoms with Crippen LogP contribution in [0.2, 0.25) is 5.02 Å². The highest BCUT2D eigenvalue weighted by Crippen LogP contribution is 2.42. The molecule has 1 aliphatic heterocycles. The third-order valence-corrected chi connectivity index (χ3v) is 7.17. The molecule has 1 aliphatic carbocycles. The van der Waals surface area contributed by atoms with E-state index in [1.54, 1.807) is 60.7 Å². The minimum Gasteiger partial charge on any atom is -0.456 e. The first kappa shape index (κ1) is 28.2. The molecule has 0 aromatic heterocycles. The largest absolute Gasteiger partial charge is 0.456 e. The minimum absolute atomic E-state index is 0.0795. The van der Waals surface area contributed by atoms with Gasteiger partial charge in [0.1, 0.15) is 6.10 Å². The summed E-state index contributed by atoms with van der Waals surface area (Å²) in [5, 5.41) is 0.505. The highest BCUT2D eigenvalue weighted by Gasteiger charge is 2.49. The summed E-state index contributed by atoms with van der Waals surface area (Å²) < 4.78 is 22.5. The summed E-state index contributed by atoms with van der Waals surface area (Å²) in [4.78, 5) is 64.1. The molecule has 0 unspecified atom stereocenters. The van der Waals surface area contributed by atoms with Gasteiger partial charge in [-0.2, -0.15) is 0 Å². The van der Waals surface area contributed by atoms with E-state index in [1.165, 1.54) is 20.8 Å². The molecule has 3 aromatic carbocycles. The molecular formula is C31H25ClO9. The molecule has 4 atom stereocenters. The number of halogens is 1. The molecule has 0 N–H and O–H groups in total. The van der Waals surface area contributed by atoms with Gasteiger partial charge < -0.3 is 18.9 Å². The first-order valence-corrected chi connectivity index (χ1v) is 13.2. The smallest absolute Gasteiger partial charge is 0.303 e. The third-order valence-electron chi connectivity index (χ3n) is 6.92. The Hall–Kier alpha value is -4.34. The van der Waals surface area contributed by atoms with Crippen LogP contribution in [0.3, 0.4) is 0 Å². The SMILES string of the molecule is CC(=O)O[C@@H]1[C@@H](OC(C)=O)[C@H](c2ccc(-c3ccc(Cl)cc3)c3c2C(=O)c2ccccc2C3=O)OC[C@H]1OC(C)=O. The summed E-state index contributed by atoms with van der Waals surface area (Å²) in [5.41, 5.74) is 2.13. The van der Waals surface area contributed by atoms with Crippen molar-refractivity contribution in [1.29, 1.82) is 0 Å². The number of hydrogen-bond donors (Lipinski definition) is 0. The van der Waals surface area contributed by atoms with E-state index in [-0.39, 0.29) is 40.2 Å². The first-order valence-electron chi connectivity index (χ1n) is 12.8. The molecular weight excluding hydrogens is 552 g/mol. The lowest BCUT2D eigenvalue weighted by Crippen LogP contribution is -2.54. The van der Waals surface area contributed by atoms with Crippen molar-refractivity contribution in [3.8, 4) is 11.1 Å². The molecule has 1 fully saturated rings. The number of carbonyl (C=O) groups is 5. The van der Waals surface area contributed by atoms with E-state index in [2.05, 4.69) is 0 Å². The second-order valence-electron chi connectivity index (χ2n) is 9.71. The van der Waals surface area contributed by atoms with Crippen molar-refractivity contribution < 1.29 is 42.9 Å². The van der Waals surface area contributed by atoms with Gasteiger partial charge in [0, 0.05) is 48.0 Å². The first-order chi connectivity index (χ1) is 19.6. The van der Waals surface area contributed by atoms with Crippen LogP contribution in [-0.2, 0) is 33.3 Å². The number of esters is 3. The quantitative estimate of drug-likeness (QED) is 0.247. The van der Waals surface area contributed by atoms with E-state index in [0.717, 1.165) is 0 Å². The summed E-state index contributed by atoms with van der Waals surface area (Å²) in [6, 6.07) is 16.7. The third kappa shape index (κ3) is 5.38. The lowest BCUT2D eigenvalue weighted by Gasteiger charge is -2.41. The molecule has 210 valence electrons. The van der Waals surface area contributed by atoms with Gasteiger partial charge in [-0.15, -0.1) is 0 Å². The van der Waals surface area contributed by atoms with Gasteiger partial charge in [0.15, 0.2) is 29.9 Å². The topological polar surface area (TPSA) is 122 Å². The molecule has 3 aromatic rings. The lowest BCUT2D eigenvalue weighted by atomic mass is 9.76. The fourth-order valence-corrected chi connectivity index (χ4v) is 5.49. The summed E-state index contributed by atoms with van der Waals surface area (Å²) >= 11 is 6.09. The number of rotatable bonds is 5. The van der Waals surface area contributed by atoms with Crippen LogP contribution in [0.4, 0.5) is 0 Å². The molecule has 41 heavy (non-hydrogen) atoms. The van der Waals surface area contributed by atoms with Crippen LogP contribution in [0, 0.1) is 0 Å². The summed E-state index contributed by atoms with van der Waals surface area (Å²) in [6.07, 6.45) is -4.78. The minimum atomic E-state index is -1.31. The predicted octanol–water partition coefficient (Wildman–Crippen LogP) is 4.65. The van der Waals surface area contributed by atoms with E-state index in [9.17, 15) is 24.0 Å². The summed E-state index contributed by atoms with van der Waals surface area (Å²) in [5.74, 6) is -2.86. The normalized spacial score (nSPS) is 21.4. The monoisotopic (exact) mass is 576 g/mol. The molecule has 0 saturated carbocycles. The Labute approximate surface area is 240 Å². The zero-order valence-corrected chi connectivity index (χ0v) is 23.1. The molecule has 0 amide bonds. The van der Waals surface area contributed by atoms with Gasteiger partial charge in [0.2, 0.25) is 0 Å². The molecule has 1 heterocycles. The van der Waals surface area contributed by atoms with Crippen LogP contribution in [-0.4, -0.2) is 54.4 Å².